The Morgan fingerprint density at radius 3 is 2.45 bits per heavy atom. The van der Waals surface area contributed by atoms with Gasteiger partial charge < -0.3 is 10.5 Å². The van der Waals surface area contributed by atoms with E-state index in [4.69, 9.17) is 4.74 Å². The first-order valence-electron chi connectivity index (χ1n) is 6.25. The maximum absolute atomic E-state index is 12.6. The number of rotatable bonds is 4. The summed E-state index contributed by atoms with van der Waals surface area (Å²) in [5.74, 6) is 0.444. The number of quaternary nitrogens is 1. The summed E-state index contributed by atoms with van der Waals surface area (Å²) in [4.78, 5) is 12.6. The molecule has 0 unspecified atom stereocenters. The van der Waals surface area contributed by atoms with E-state index in [0.717, 1.165) is 0 Å². The first-order chi connectivity index (χ1) is 9.69. The van der Waals surface area contributed by atoms with Crippen LogP contribution in [0.2, 0.25) is 0 Å². The summed E-state index contributed by atoms with van der Waals surface area (Å²) >= 11 is 0. The fraction of sp³-hybridized carbons (Fsp3) is 0.133. The van der Waals surface area contributed by atoms with Gasteiger partial charge in [0, 0.05) is 7.05 Å². The molecular formula is C15H18N3O2+. The van der Waals surface area contributed by atoms with Crippen molar-refractivity contribution in [3.8, 4) is 5.75 Å². The minimum absolute atomic E-state index is 0.178. The summed E-state index contributed by atoms with van der Waals surface area (Å²) < 4.78 is 5.29. The van der Waals surface area contributed by atoms with Gasteiger partial charge in [0.05, 0.1) is 7.11 Å². The molecule has 0 saturated carbocycles. The largest absolute Gasteiger partial charge is 0.495 e. The number of carbonyl (C=O) groups is 1. The molecule has 0 heterocycles. The van der Waals surface area contributed by atoms with E-state index in [9.17, 15) is 4.79 Å². The molecule has 0 aromatic heterocycles. The fourth-order valence-corrected chi connectivity index (χ4v) is 2.00. The van der Waals surface area contributed by atoms with Crippen molar-refractivity contribution in [2.45, 2.75) is 0 Å². The molecule has 0 aliphatic rings. The topological polar surface area (TPSA) is 69.2 Å². The molecule has 0 spiro atoms. The van der Waals surface area contributed by atoms with Gasteiger partial charge in [0.25, 0.3) is 5.91 Å². The zero-order chi connectivity index (χ0) is 14.5. The first-order valence-corrected chi connectivity index (χ1v) is 6.25. The van der Waals surface area contributed by atoms with Crippen LogP contribution in [0, 0.1) is 0 Å². The smallest absolute Gasteiger partial charge is 0.278 e. The van der Waals surface area contributed by atoms with Gasteiger partial charge in [0.2, 0.25) is 0 Å². The van der Waals surface area contributed by atoms with Gasteiger partial charge in [-0.25, -0.2) is 10.4 Å². The van der Waals surface area contributed by atoms with Gasteiger partial charge in [-0.1, -0.05) is 24.3 Å². The molecule has 4 N–H and O–H groups in total. The number of amides is 1. The van der Waals surface area contributed by atoms with Crippen molar-refractivity contribution in [2.75, 3.05) is 19.2 Å². The normalized spacial score (nSPS) is 10.2. The third kappa shape index (κ3) is 2.64. The third-order valence-corrected chi connectivity index (χ3v) is 3.00. The van der Waals surface area contributed by atoms with Gasteiger partial charge in [-0.2, -0.15) is 0 Å². The van der Waals surface area contributed by atoms with Crippen molar-refractivity contribution in [3.63, 3.8) is 0 Å². The second-order valence-electron chi connectivity index (χ2n) is 4.19. The Bertz CT molecular complexity index is 614. The second-order valence-corrected chi connectivity index (χ2v) is 4.19. The van der Waals surface area contributed by atoms with Gasteiger partial charge in [-0.05, 0) is 24.3 Å². The number of hydrogen-bond donors (Lipinski definition) is 2. The Morgan fingerprint density at radius 1 is 1.15 bits per heavy atom. The number of methoxy groups -OCH3 is 1. The van der Waals surface area contributed by atoms with Crippen LogP contribution in [0.5, 0.6) is 5.75 Å². The molecule has 0 bridgehead atoms. The highest BCUT2D eigenvalue weighted by Crippen LogP contribution is 2.28. The average Bonchev–Trinajstić information content (AvgIpc) is 2.49. The molecule has 0 aliphatic carbocycles. The zero-order valence-electron chi connectivity index (χ0n) is 11.6. The minimum Gasteiger partial charge on any atom is -0.495 e. The molecule has 0 saturated heterocycles. The molecule has 2 aromatic rings. The highest BCUT2D eigenvalue weighted by atomic mass is 16.5. The van der Waals surface area contributed by atoms with Crippen LogP contribution < -0.4 is 20.9 Å². The quantitative estimate of drug-likeness (QED) is 0.825. The van der Waals surface area contributed by atoms with Crippen molar-refractivity contribution in [1.82, 2.24) is 5.43 Å². The molecule has 5 nitrogen and oxygen atoms in total. The highest BCUT2D eigenvalue weighted by molar-refractivity contribution is 6.08. The zero-order valence-corrected chi connectivity index (χ0v) is 11.6. The maximum atomic E-state index is 12.6. The fourth-order valence-electron chi connectivity index (χ4n) is 2.00. The van der Waals surface area contributed by atoms with E-state index < -0.39 is 0 Å². The number of anilines is 1. The molecule has 0 radical (unpaired) electrons. The van der Waals surface area contributed by atoms with E-state index in [-0.39, 0.29) is 5.91 Å². The molecular weight excluding hydrogens is 254 g/mol. The molecule has 20 heavy (non-hydrogen) atoms. The van der Waals surface area contributed by atoms with E-state index in [0.29, 0.717) is 22.7 Å². The summed E-state index contributed by atoms with van der Waals surface area (Å²) in [5, 5.41) is 1.45. The number of hydrazine groups is 1. The first kappa shape index (κ1) is 14.0. The van der Waals surface area contributed by atoms with Gasteiger partial charge in [-0.15, -0.1) is 0 Å². The van der Waals surface area contributed by atoms with E-state index in [2.05, 4.69) is 11.2 Å². The van der Waals surface area contributed by atoms with E-state index >= 15 is 0 Å². The van der Waals surface area contributed by atoms with E-state index in [1.807, 2.05) is 42.5 Å². The molecule has 2 rings (SSSR count). The van der Waals surface area contributed by atoms with Crippen LogP contribution in [-0.2, 0) is 0 Å². The molecule has 0 aliphatic heterocycles. The summed E-state index contributed by atoms with van der Waals surface area (Å²) in [6, 6.07) is 14.6. The molecule has 0 fully saturated rings. The number of carbonyl (C=O) groups excluding carboxylic acids is 1. The molecule has 104 valence electrons. The summed E-state index contributed by atoms with van der Waals surface area (Å²) in [5.41, 5.74) is 8.68. The number of nitrogens with one attached hydrogen (secondary N) is 1. The van der Waals surface area contributed by atoms with Crippen LogP contribution in [0.1, 0.15) is 10.4 Å². The van der Waals surface area contributed by atoms with Gasteiger partial charge in [0.1, 0.15) is 22.7 Å². The van der Waals surface area contributed by atoms with E-state index in [1.165, 1.54) is 5.01 Å². The Hall–Kier alpha value is -2.37. The Kier molecular flexibility index (Phi) is 4.34. The highest BCUT2D eigenvalue weighted by Gasteiger charge is 2.22. The number of ether oxygens (including phenoxy) is 1. The Morgan fingerprint density at radius 2 is 1.80 bits per heavy atom. The summed E-state index contributed by atoms with van der Waals surface area (Å²) in [6.07, 6.45) is 0. The van der Waals surface area contributed by atoms with Crippen molar-refractivity contribution in [3.05, 3.63) is 54.1 Å². The number of nitrogens with zero attached hydrogens (tertiary/aromatic N) is 1. The summed E-state index contributed by atoms with van der Waals surface area (Å²) in [6.45, 7) is 0. The Labute approximate surface area is 117 Å². The van der Waals surface area contributed by atoms with Crippen LogP contribution in [0.4, 0.5) is 11.4 Å². The van der Waals surface area contributed by atoms with Gasteiger partial charge in [-0.3, -0.25) is 4.79 Å². The lowest BCUT2D eigenvalue weighted by Gasteiger charge is -2.23. The lowest BCUT2D eigenvalue weighted by atomic mass is 10.1. The van der Waals surface area contributed by atoms with Crippen LogP contribution in [-0.4, -0.2) is 20.1 Å². The van der Waals surface area contributed by atoms with Gasteiger partial charge in [0.15, 0.2) is 0 Å². The number of hydrogen-bond acceptors (Lipinski definition) is 3. The van der Waals surface area contributed by atoms with Crippen LogP contribution >= 0.6 is 0 Å². The van der Waals surface area contributed by atoms with Crippen LogP contribution in [0.15, 0.2) is 48.5 Å². The monoisotopic (exact) mass is 272 g/mol. The maximum Gasteiger partial charge on any atom is 0.278 e. The Balaban J connectivity index is 2.43. The van der Waals surface area contributed by atoms with Crippen molar-refractivity contribution >= 4 is 17.3 Å². The molecule has 0 atom stereocenters. The summed E-state index contributed by atoms with van der Waals surface area (Å²) in [7, 11) is 3.27. The second kappa shape index (κ2) is 6.18. The predicted octanol–water partition coefficient (Wildman–Crippen LogP) is 1.35. The van der Waals surface area contributed by atoms with Crippen LogP contribution in [0.3, 0.4) is 0 Å². The number of para-hydroxylation sites is 2. The van der Waals surface area contributed by atoms with Crippen molar-refractivity contribution in [2.24, 2.45) is 0 Å². The molecule has 1 amide bonds. The lowest BCUT2D eigenvalue weighted by molar-refractivity contribution is -0.255. The van der Waals surface area contributed by atoms with Crippen LogP contribution in [0.25, 0.3) is 0 Å². The minimum atomic E-state index is -0.178. The molecule has 5 heteroatoms. The standard InChI is InChI=1S/C15H17N3O2/c1-17-18(13-9-5-6-10-14(13)20-2)15(19)11-7-3-4-8-12(11)16/h3-10,17H,16H2,1-2H3/p+1. The average molecular weight is 272 g/mol. The third-order valence-electron chi connectivity index (χ3n) is 3.00. The lowest BCUT2D eigenvalue weighted by Crippen LogP contribution is -2.46. The van der Waals surface area contributed by atoms with Crippen molar-refractivity contribution in [1.29, 1.82) is 0 Å². The van der Waals surface area contributed by atoms with Gasteiger partial charge >= 0.3 is 0 Å². The van der Waals surface area contributed by atoms with E-state index in [1.54, 1.807) is 20.2 Å². The predicted molar refractivity (Wildman–Crippen MR) is 77.9 cm³/mol. The molecule has 2 aromatic carbocycles. The number of benzene rings is 2. The SMILES string of the molecule is CNN(C(=O)c1ccccc1[NH3+])c1ccccc1OC. The van der Waals surface area contributed by atoms with Crippen molar-refractivity contribution < 1.29 is 15.3 Å².